The Balaban J connectivity index is 1.30. The molecule has 2 fully saturated rings. The molecule has 3 aliphatic carbocycles. The minimum Gasteiger partial charge on any atom is -0.506 e. The van der Waals surface area contributed by atoms with Crippen LogP contribution >= 0.6 is 0 Å². The van der Waals surface area contributed by atoms with Gasteiger partial charge in [0.05, 0.1) is 25.4 Å². The van der Waals surface area contributed by atoms with Crippen molar-refractivity contribution in [2.24, 2.45) is 11.8 Å². The number of Topliss-reactive ketones (excluding diaryl/α,β-unsaturated/α-hetero) is 2. The molecule has 2 aromatic rings. The predicted molar refractivity (Wildman–Crippen MR) is 218 cm³/mol. The van der Waals surface area contributed by atoms with E-state index < -0.39 is 28.3 Å². The van der Waals surface area contributed by atoms with Crippen LogP contribution in [0.25, 0.3) is 6.08 Å². The zero-order valence-electron chi connectivity index (χ0n) is 34.8. The van der Waals surface area contributed by atoms with Crippen molar-refractivity contribution in [2.45, 2.75) is 116 Å². The van der Waals surface area contributed by atoms with Crippen molar-refractivity contribution in [2.75, 3.05) is 14.2 Å². The molecule has 2 aromatic carbocycles. The number of phenolic OH excluding ortho intramolecular Hbond substituents is 1. The molecule has 1 saturated heterocycles. The number of phenols is 1. The number of amides is 1. The van der Waals surface area contributed by atoms with Gasteiger partial charge in [0.1, 0.15) is 28.4 Å². The number of methoxy groups -OCH3 is 2. The van der Waals surface area contributed by atoms with Gasteiger partial charge < -0.3 is 34.1 Å². The van der Waals surface area contributed by atoms with Gasteiger partial charge in [-0.3, -0.25) is 14.4 Å². The summed E-state index contributed by atoms with van der Waals surface area (Å²) in [5.74, 6) is -0.263. The standard InChI is InChI=1S/C47H55NO9/c1-26(2)12-11-19-45(8)20-18-31-38(49)37-39(50)33-23-30-24-36-44(6,7)57-46(42(30)51,47(33,36)56-41(37)32(40(31)55-45)15-13-27(3)4)21-17-28(5)43(52)48-25-29-14-16-34(53-9)35(22-29)54-10/h12-14,16-18,20,22-23,30,36,49H,11,15,19,21,24-25H2,1-10H3,(H,48,52)/b28-17-. The average molecular weight is 778 g/mol. The Bertz CT molecular complexity index is 2210. The van der Waals surface area contributed by atoms with Gasteiger partial charge in [-0.1, -0.05) is 41.5 Å². The second-order valence-corrected chi connectivity index (χ2v) is 17.3. The van der Waals surface area contributed by atoms with Crippen molar-refractivity contribution in [1.29, 1.82) is 0 Å². The topological polar surface area (TPSA) is 130 Å². The summed E-state index contributed by atoms with van der Waals surface area (Å²) in [6.07, 6.45) is 13.8. The van der Waals surface area contributed by atoms with Crippen molar-refractivity contribution in [3.63, 3.8) is 0 Å². The van der Waals surface area contributed by atoms with Crippen LogP contribution in [-0.4, -0.2) is 59.2 Å². The summed E-state index contributed by atoms with van der Waals surface area (Å²) in [5.41, 5.74) is 0.235. The van der Waals surface area contributed by atoms with Gasteiger partial charge in [-0.25, -0.2) is 0 Å². The summed E-state index contributed by atoms with van der Waals surface area (Å²) >= 11 is 0. The summed E-state index contributed by atoms with van der Waals surface area (Å²) in [7, 11) is 3.12. The Morgan fingerprint density at radius 1 is 0.965 bits per heavy atom. The van der Waals surface area contributed by atoms with E-state index in [2.05, 4.69) is 25.2 Å². The number of aromatic hydroxyl groups is 1. The Hall–Kier alpha value is -5.09. The van der Waals surface area contributed by atoms with Crippen LogP contribution in [0.2, 0.25) is 0 Å². The minimum atomic E-state index is -1.62. The molecular formula is C47H55NO9. The zero-order valence-corrected chi connectivity index (χ0v) is 34.8. The summed E-state index contributed by atoms with van der Waals surface area (Å²) in [6, 6.07) is 5.43. The molecule has 8 rings (SSSR count). The highest BCUT2D eigenvalue weighted by Crippen LogP contribution is 2.68. The number of fused-ring (bicyclic) bond motifs is 2. The Morgan fingerprint density at radius 3 is 2.37 bits per heavy atom. The maximum Gasteiger partial charge on any atom is 0.246 e. The molecule has 5 atom stereocenters. The fourth-order valence-corrected chi connectivity index (χ4v) is 9.49. The van der Waals surface area contributed by atoms with Gasteiger partial charge in [-0.2, -0.15) is 0 Å². The molecule has 302 valence electrons. The van der Waals surface area contributed by atoms with Gasteiger partial charge >= 0.3 is 0 Å². The molecule has 57 heavy (non-hydrogen) atoms. The highest BCUT2D eigenvalue weighted by atomic mass is 16.6. The molecule has 6 aliphatic rings. The number of hydrogen-bond donors (Lipinski definition) is 2. The van der Waals surface area contributed by atoms with E-state index in [0.717, 1.165) is 17.6 Å². The molecule has 0 radical (unpaired) electrons. The molecule has 10 nitrogen and oxygen atoms in total. The van der Waals surface area contributed by atoms with Crippen LogP contribution in [0.4, 0.5) is 0 Å². The number of nitrogens with one attached hydrogen (secondary N) is 1. The number of allylic oxidation sites excluding steroid dienone is 5. The van der Waals surface area contributed by atoms with Crippen molar-refractivity contribution in [3.8, 4) is 28.7 Å². The van der Waals surface area contributed by atoms with Gasteiger partial charge in [0.25, 0.3) is 0 Å². The van der Waals surface area contributed by atoms with Crippen LogP contribution in [0, 0.1) is 11.8 Å². The number of benzene rings is 2. The summed E-state index contributed by atoms with van der Waals surface area (Å²) in [4.78, 5) is 43.3. The number of carbonyl (C=O) groups is 3. The average Bonchev–Trinajstić information content (AvgIpc) is 3.32. The third kappa shape index (κ3) is 6.40. The second kappa shape index (κ2) is 14.4. The lowest BCUT2D eigenvalue weighted by Gasteiger charge is -2.56. The maximum absolute atomic E-state index is 15.0. The monoisotopic (exact) mass is 777 g/mol. The first-order chi connectivity index (χ1) is 26.9. The molecule has 1 amide bonds. The second-order valence-electron chi connectivity index (χ2n) is 17.3. The van der Waals surface area contributed by atoms with Crippen molar-refractivity contribution in [1.82, 2.24) is 5.32 Å². The van der Waals surface area contributed by atoms with E-state index in [-0.39, 0.29) is 53.4 Å². The number of hydrogen-bond acceptors (Lipinski definition) is 9. The Kier molecular flexibility index (Phi) is 10.1. The van der Waals surface area contributed by atoms with Crippen molar-refractivity contribution in [3.05, 3.63) is 93.1 Å². The molecule has 5 unspecified atom stereocenters. The lowest BCUT2D eigenvalue weighted by atomic mass is 9.51. The van der Waals surface area contributed by atoms with Gasteiger partial charge in [0.2, 0.25) is 5.91 Å². The molecule has 0 aromatic heterocycles. The molecule has 4 bridgehead atoms. The molecule has 1 saturated carbocycles. The molecule has 10 heteroatoms. The summed E-state index contributed by atoms with van der Waals surface area (Å²) < 4.78 is 31.8. The molecule has 3 aliphatic heterocycles. The van der Waals surface area contributed by atoms with E-state index in [1.807, 2.05) is 58.9 Å². The maximum atomic E-state index is 15.0. The summed E-state index contributed by atoms with van der Waals surface area (Å²) in [5, 5.41) is 14.9. The number of ether oxygens (including phenoxy) is 5. The van der Waals surface area contributed by atoms with E-state index in [0.29, 0.717) is 58.8 Å². The van der Waals surface area contributed by atoms with Crippen LogP contribution < -0.4 is 24.3 Å². The van der Waals surface area contributed by atoms with Gasteiger partial charge in [-0.05, 0) is 111 Å². The first-order valence-corrected chi connectivity index (χ1v) is 19.8. The lowest BCUT2D eigenvalue weighted by molar-refractivity contribution is -0.171. The Labute approximate surface area is 335 Å². The van der Waals surface area contributed by atoms with Crippen molar-refractivity contribution < 1.29 is 43.2 Å². The Morgan fingerprint density at radius 2 is 1.68 bits per heavy atom. The zero-order chi connectivity index (χ0) is 41.2. The molecular weight excluding hydrogens is 723 g/mol. The van der Waals surface area contributed by atoms with Crippen LogP contribution in [0.1, 0.15) is 108 Å². The van der Waals surface area contributed by atoms with Crippen LogP contribution in [0.15, 0.2) is 70.9 Å². The first kappa shape index (κ1) is 40.1. The third-order valence-corrected chi connectivity index (χ3v) is 12.4. The normalized spacial score (nSPS) is 27.3. The number of rotatable bonds is 12. The molecule has 3 heterocycles. The minimum absolute atomic E-state index is 0.000270. The van der Waals surface area contributed by atoms with Crippen LogP contribution in [0.3, 0.4) is 0 Å². The van der Waals surface area contributed by atoms with Crippen LogP contribution in [-0.2, 0) is 27.3 Å². The quantitative estimate of drug-likeness (QED) is 0.161. The fourth-order valence-electron chi connectivity index (χ4n) is 9.49. The highest BCUT2D eigenvalue weighted by molar-refractivity contribution is 6.19. The fraction of sp³-hybridized carbons (Fsp3) is 0.468. The SMILES string of the molecule is COc1ccc(CNC(=O)/C(C)=C\CC23OC(C)(C)C4CC(C=C5C(=O)c6c(O)c7c(c(CC=C(C)C)c6OC542)OC(C)(CCC=C(C)C)C=C7)C3=O)cc1OC. The molecule has 1 spiro atoms. The van der Waals surface area contributed by atoms with Crippen LogP contribution in [0.5, 0.6) is 28.7 Å². The number of ketones is 2. The highest BCUT2D eigenvalue weighted by Gasteiger charge is 2.81. The van der Waals surface area contributed by atoms with E-state index in [1.54, 1.807) is 45.4 Å². The van der Waals surface area contributed by atoms with E-state index in [1.165, 1.54) is 5.57 Å². The van der Waals surface area contributed by atoms with E-state index in [9.17, 15) is 14.7 Å². The third-order valence-electron chi connectivity index (χ3n) is 12.4. The van der Waals surface area contributed by atoms with Gasteiger partial charge in [-0.15, -0.1) is 0 Å². The van der Waals surface area contributed by atoms with Gasteiger partial charge in [0, 0.05) is 41.5 Å². The van der Waals surface area contributed by atoms with E-state index >= 15 is 4.79 Å². The molecule has 2 N–H and O–H groups in total. The predicted octanol–water partition coefficient (Wildman–Crippen LogP) is 8.49. The summed E-state index contributed by atoms with van der Waals surface area (Å²) in [6.45, 7) is 16.0. The van der Waals surface area contributed by atoms with E-state index in [4.69, 9.17) is 23.7 Å². The lowest BCUT2D eigenvalue weighted by Crippen LogP contribution is -2.72. The smallest absolute Gasteiger partial charge is 0.246 e. The van der Waals surface area contributed by atoms with Crippen molar-refractivity contribution >= 4 is 23.5 Å². The number of carbonyl (C=O) groups excluding carboxylic acids is 3. The largest absolute Gasteiger partial charge is 0.506 e. The first-order valence-electron chi connectivity index (χ1n) is 19.8. The van der Waals surface area contributed by atoms with Gasteiger partial charge in [0.15, 0.2) is 34.3 Å².